The van der Waals surface area contributed by atoms with Gasteiger partial charge < -0.3 is 14.9 Å². The van der Waals surface area contributed by atoms with Gasteiger partial charge in [0.25, 0.3) is 0 Å². The Labute approximate surface area is 106 Å². The molecule has 0 saturated heterocycles. The molecule has 0 aliphatic heterocycles. The molecule has 1 aromatic carbocycles. The topological polar surface area (TPSA) is 66.8 Å². The van der Waals surface area contributed by atoms with E-state index >= 15 is 0 Å². The van der Waals surface area contributed by atoms with Crippen LogP contribution in [0.15, 0.2) is 12.1 Å². The highest BCUT2D eigenvalue weighted by atomic mass is 16.5. The molecule has 18 heavy (non-hydrogen) atoms. The number of phenolic OH excluding ortho intramolecular Hbond substituents is 1. The number of carboxylic acids is 1. The Morgan fingerprint density at radius 3 is 2.67 bits per heavy atom. The van der Waals surface area contributed by atoms with Crippen molar-refractivity contribution in [2.45, 2.75) is 32.1 Å². The molecule has 0 heterocycles. The van der Waals surface area contributed by atoms with Crippen molar-refractivity contribution in [3.05, 3.63) is 23.3 Å². The minimum absolute atomic E-state index is 0.0617. The zero-order valence-electron chi connectivity index (χ0n) is 10.6. The van der Waals surface area contributed by atoms with Crippen molar-refractivity contribution in [3.8, 4) is 11.5 Å². The summed E-state index contributed by atoms with van der Waals surface area (Å²) in [5.41, 5.74) is 1.66. The largest absolute Gasteiger partial charge is 0.504 e. The van der Waals surface area contributed by atoms with Gasteiger partial charge in [-0.3, -0.25) is 4.79 Å². The number of benzene rings is 1. The van der Waals surface area contributed by atoms with E-state index < -0.39 is 5.97 Å². The lowest BCUT2D eigenvalue weighted by Gasteiger charge is -2.20. The van der Waals surface area contributed by atoms with Gasteiger partial charge in [0.15, 0.2) is 11.5 Å². The maximum absolute atomic E-state index is 11.0. The lowest BCUT2D eigenvalue weighted by molar-refractivity contribution is -0.137. The van der Waals surface area contributed by atoms with Gasteiger partial charge in [-0.15, -0.1) is 0 Å². The summed E-state index contributed by atoms with van der Waals surface area (Å²) in [5.74, 6) is -0.0637. The van der Waals surface area contributed by atoms with Gasteiger partial charge in [0.1, 0.15) is 0 Å². The molecule has 1 aliphatic carbocycles. The number of carboxylic acid groups (broad SMARTS) is 1. The summed E-state index contributed by atoms with van der Waals surface area (Å²) in [6, 6.07) is 3.57. The second-order valence-electron chi connectivity index (χ2n) is 4.89. The number of aliphatic carboxylic acids is 1. The fourth-order valence-electron chi connectivity index (χ4n) is 2.51. The van der Waals surface area contributed by atoms with Crippen molar-refractivity contribution in [2.24, 2.45) is 5.92 Å². The summed E-state index contributed by atoms with van der Waals surface area (Å²) in [6.45, 7) is 1.89. The van der Waals surface area contributed by atoms with E-state index in [1.165, 1.54) is 7.11 Å². The molecular formula is C14H18O4. The SMILES string of the molecule is COc1ccc(C)c(C(CC(=O)O)C2CC2)c1O. The van der Waals surface area contributed by atoms with Gasteiger partial charge in [-0.05, 0) is 37.3 Å². The number of ether oxygens (including phenoxy) is 1. The number of phenols is 1. The second-order valence-corrected chi connectivity index (χ2v) is 4.89. The molecule has 1 fully saturated rings. The molecule has 2 N–H and O–H groups in total. The molecule has 98 valence electrons. The number of methoxy groups -OCH3 is 1. The normalized spacial score (nSPS) is 16.3. The van der Waals surface area contributed by atoms with Gasteiger partial charge >= 0.3 is 5.97 Å². The highest BCUT2D eigenvalue weighted by Crippen LogP contribution is 2.49. The number of hydrogen-bond acceptors (Lipinski definition) is 3. The molecule has 0 aromatic heterocycles. The number of aromatic hydroxyl groups is 1. The van der Waals surface area contributed by atoms with Crippen LogP contribution in [0, 0.1) is 12.8 Å². The monoisotopic (exact) mass is 250 g/mol. The summed E-state index contributed by atoms with van der Waals surface area (Å²) in [5, 5.41) is 19.2. The number of aryl methyl sites for hydroxylation is 1. The van der Waals surface area contributed by atoms with Crippen LogP contribution in [0.3, 0.4) is 0 Å². The van der Waals surface area contributed by atoms with Crippen LogP contribution in [0.5, 0.6) is 11.5 Å². The van der Waals surface area contributed by atoms with Crippen molar-refractivity contribution >= 4 is 5.97 Å². The van der Waals surface area contributed by atoms with Crippen molar-refractivity contribution < 1.29 is 19.7 Å². The van der Waals surface area contributed by atoms with Gasteiger partial charge in [-0.25, -0.2) is 0 Å². The van der Waals surface area contributed by atoms with Crippen molar-refractivity contribution in [2.75, 3.05) is 7.11 Å². The maximum Gasteiger partial charge on any atom is 0.303 e. The second kappa shape index (κ2) is 4.88. The lowest BCUT2D eigenvalue weighted by Crippen LogP contribution is -2.10. The van der Waals surface area contributed by atoms with Gasteiger partial charge in [0.2, 0.25) is 0 Å². The van der Waals surface area contributed by atoms with Crippen LogP contribution in [-0.4, -0.2) is 23.3 Å². The van der Waals surface area contributed by atoms with E-state index in [0.717, 1.165) is 24.0 Å². The Morgan fingerprint density at radius 1 is 1.50 bits per heavy atom. The van der Waals surface area contributed by atoms with Crippen molar-refractivity contribution in [3.63, 3.8) is 0 Å². The Bertz CT molecular complexity index is 463. The van der Waals surface area contributed by atoms with Crippen LogP contribution in [0.1, 0.15) is 36.3 Å². The highest BCUT2D eigenvalue weighted by Gasteiger charge is 2.36. The highest BCUT2D eigenvalue weighted by molar-refractivity contribution is 5.69. The number of rotatable bonds is 5. The Kier molecular flexibility index (Phi) is 3.45. The van der Waals surface area contributed by atoms with Crippen LogP contribution >= 0.6 is 0 Å². The molecule has 1 unspecified atom stereocenters. The number of hydrogen-bond donors (Lipinski definition) is 2. The first-order chi connectivity index (χ1) is 8.54. The van der Waals surface area contributed by atoms with Gasteiger partial charge in [-0.2, -0.15) is 0 Å². The standard InChI is InChI=1S/C14H18O4/c1-8-3-6-11(18-2)14(17)13(8)10(7-12(15)16)9-4-5-9/h3,6,9-10,17H,4-5,7H2,1-2H3,(H,15,16). The molecule has 1 saturated carbocycles. The first kappa shape index (κ1) is 12.7. The summed E-state index contributed by atoms with van der Waals surface area (Å²) >= 11 is 0. The summed E-state index contributed by atoms with van der Waals surface area (Å²) in [4.78, 5) is 11.0. The van der Waals surface area contributed by atoms with Crippen LogP contribution in [0.2, 0.25) is 0 Å². The fraction of sp³-hybridized carbons (Fsp3) is 0.500. The van der Waals surface area contributed by atoms with Crippen LogP contribution < -0.4 is 4.74 Å². The van der Waals surface area contributed by atoms with E-state index in [1.807, 2.05) is 13.0 Å². The predicted molar refractivity (Wildman–Crippen MR) is 67.1 cm³/mol. The van der Waals surface area contributed by atoms with E-state index in [0.29, 0.717) is 11.7 Å². The van der Waals surface area contributed by atoms with E-state index in [4.69, 9.17) is 9.84 Å². The quantitative estimate of drug-likeness (QED) is 0.843. The third-order valence-corrected chi connectivity index (χ3v) is 3.57. The lowest BCUT2D eigenvalue weighted by atomic mass is 9.87. The smallest absolute Gasteiger partial charge is 0.303 e. The van der Waals surface area contributed by atoms with E-state index in [2.05, 4.69) is 0 Å². The van der Waals surface area contributed by atoms with Gasteiger partial charge in [0.05, 0.1) is 13.5 Å². The Hall–Kier alpha value is -1.71. The summed E-state index contributed by atoms with van der Waals surface area (Å²) in [6.07, 6.45) is 2.13. The molecule has 0 amide bonds. The minimum atomic E-state index is -0.825. The third-order valence-electron chi connectivity index (χ3n) is 3.57. The first-order valence-electron chi connectivity index (χ1n) is 6.12. The zero-order valence-corrected chi connectivity index (χ0v) is 10.6. The summed E-state index contributed by atoms with van der Waals surface area (Å²) in [7, 11) is 1.50. The first-order valence-corrected chi connectivity index (χ1v) is 6.12. The molecule has 0 spiro atoms. The average Bonchev–Trinajstić information content (AvgIpc) is 3.11. The predicted octanol–water partition coefficient (Wildman–Crippen LogP) is 2.68. The molecule has 1 atom stereocenters. The van der Waals surface area contributed by atoms with Crippen LogP contribution in [0.25, 0.3) is 0 Å². The number of carbonyl (C=O) groups is 1. The molecule has 4 nitrogen and oxygen atoms in total. The van der Waals surface area contributed by atoms with E-state index in [1.54, 1.807) is 6.07 Å². The molecule has 2 rings (SSSR count). The molecule has 0 bridgehead atoms. The molecular weight excluding hydrogens is 232 g/mol. The molecule has 1 aliphatic rings. The Morgan fingerprint density at radius 2 is 2.17 bits per heavy atom. The van der Waals surface area contributed by atoms with E-state index in [-0.39, 0.29) is 18.1 Å². The fourth-order valence-corrected chi connectivity index (χ4v) is 2.51. The maximum atomic E-state index is 11.0. The average molecular weight is 250 g/mol. The van der Waals surface area contributed by atoms with Crippen molar-refractivity contribution in [1.82, 2.24) is 0 Å². The van der Waals surface area contributed by atoms with Crippen molar-refractivity contribution in [1.29, 1.82) is 0 Å². The Balaban J connectivity index is 2.42. The molecule has 0 radical (unpaired) electrons. The minimum Gasteiger partial charge on any atom is -0.504 e. The summed E-state index contributed by atoms with van der Waals surface area (Å²) < 4.78 is 5.10. The molecule has 1 aromatic rings. The molecule has 4 heteroatoms. The van der Waals surface area contributed by atoms with Crippen LogP contribution in [-0.2, 0) is 4.79 Å². The van der Waals surface area contributed by atoms with Gasteiger partial charge in [0, 0.05) is 11.5 Å². The van der Waals surface area contributed by atoms with E-state index in [9.17, 15) is 9.90 Å². The van der Waals surface area contributed by atoms with Crippen LogP contribution in [0.4, 0.5) is 0 Å². The third kappa shape index (κ3) is 2.42. The zero-order chi connectivity index (χ0) is 13.3. The van der Waals surface area contributed by atoms with Gasteiger partial charge in [-0.1, -0.05) is 6.07 Å².